The van der Waals surface area contributed by atoms with Gasteiger partial charge in [0.05, 0.1) is 18.6 Å². The van der Waals surface area contributed by atoms with E-state index in [-0.39, 0.29) is 9.45 Å². The Morgan fingerprint density at radius 2 is 1.35 bits per heavy atom. The van der Waals surface area contributed by atoms with Crippen LogP contribution in [0.15, 0.2) is 77.4 Å². The summed E-state index contributed by atoms with van der Waals surface area (Å²) in [7, 11) is -0.678. The first-order valence-corrected chi connectivity index (χ1v) is 9.66. The van der Waals surface area contributed by atoms with Crippen LogP contribution in [-0.2, 0) is 19.1 Å². The second kappa shape index (κ2) is 6.31. The summed E-state index contributed by atoms with van der Waals surface area (Å²) in [5, 5.41) is 3.93. The molecule has 0 amide bonds. The molecule has 4 heterocycles. The van der Waals surface area contributed by atoms with Crippen LogP contribution in [0, 0.1) is 0 Å². The molecule has 114 valence electrons. The van der Waals surface area contributed by atoms with E-state index in [2.05, 4.69) is 39.6 Å². The van der Waals surface area contributed by atoms with Gasteiger partial charge in [-0.05, 0) is 15.0 Å². The van der Waals surface area contributed by atoms with Crippen molar-refractivity contribution in [1.82, 2.24) is 29.9 Å². The van der Waals surface area contributed by atoms with E-state index in [0.717, 1.165) is 15.9 Å². The number of anilines is 1. The highest BCUT2D eigenvalue weighted by atomic mass is 32.9. The maximum absolute atomic E-state index is 4.49. The minimum Gasteiger partial charge on any atom is -0.269 e. The standard InChI is InChI=1S/C14H11N7S2/c1-4-18-12(9-15-1)21-7-8-22(13-10-16-2-5-19-13)23(21)14-11-17-3-6-20-14/h1-11H. The lowest BCUT2D eigenvalue weighted by atomic mass is 10.6. The van der Waals surface area contributed by atoms with Crippen molar-refractivity contribution in [3.63, 3.8) is 0 Å². The van der Waals surface area contributed by atoms with Gasteiger partial charge in [0.15, 0.2) is 5.82 Å². The SMILES string of the molecule is C1=CS(c2cnccn2)=S(c2cnccn2)N1c1cnccn1. The number of rotatable bonds is 3. The summed E-state index contributed by atoms with van der Waals surface area (Å²) in [6.45, 7) is 0. The molecule has 3 aromatic heterocycles. The summed E-state index contributed by atoms with van der Waals surface area (Å²) in [6.07, 6.45) is 17.4. The molecule has 0 aliphatic carbocycles. The topological polar surface area (TPSA) is 80.6 Å². The molecule has 2 unspecified atom stereocenters. The average Bonchev–Trinajstić information content (AvgIpc) is 3.09. The molecule has 7 nitrogen and oxygen atoms in total. The minimum atomic E-state index is -0.397. The molecular formula is C14H11N7S2. The Kier molecular flexibility index (Phi) is 3.86. The van der Waals surface area contributed by atoms with E-state index in [1.807, 2.05) is 6.20 Å². The zero-order valence-electron chi connectivity index (χ0n) is 11.8. The third-order valence-corrected chi connectivity index (χ3v) is 8.33. The van der Waals surface area contributed by atoms with Crippen LogP contribution in [0.5, 0.6) is 0 Å². The van der Waals surface area contributed by atoms with Gasteiger partial charge >= 0.3 is 0 Å². The fourth-order valence-corrected chi connectivity index (χ4v) is 7.24. The smallest absolute Gasteiger partial charge is 0.161 e. The minimum absolute atomic E-state index is 0.281. The summed E-state index contributed by atoms with van der Waals surface area (Å²) >= 11 is 0. The molecule has 1 aliphatic rings. The first kappa shape index (κ1) is 14.1. The molecule has 0 saturated heterocycles. The molecule has 3 aromatic rings. The molecule has 9 heteroatoms. The Labute approximate surface area is 136 Å². The lowest BCUT2D eigenvalue weighted by Crippen LogP contribution is -2.20. The normalized spacial score (nSPS) is 19.9. The van der Waals surface area contributed by atoms with Crippen LogP contribution in [0.1, 0.15) is 0 Å². The molecule has 0 saturated carbocycles. The average molecular weight is 341 g/mol. The van der Waals surface area contributed by atoms with E-state index >= 15 is 0 Å². The van der Waals surface area contributed by atoms with Crippen LogP contribution in [0.2, 0.25) is 0 Å². The monoisotopic (exact) mass is 341 g/mol. The maximum atomic E-state index is 4.49. The fraction of sp³-hybridized carbons (Fsp3) is 0. The van der Waals surface area contributed by atoms with E-state index < -0.39 is 9.64 Å². The zero-order valence-corrected chi connectivity index (χ0v) is 13.4. The van der Waals surface area contributed by atoms with Crippen LogP contribution in [0.4, 0.5) is 5.82 Å². The van der Waals surface area contributed by atoms with Gasteiger partial charge in [0.2, 0.25) is 0 Å². The van der Waals surface area contributed by atoms with Crippen LogP contribution >= 0.6 is 0 Å². The predicted molar refractivity (Wildman–Crippen MR) is 89.0 cm³/mol. The van der Waals surface area contributed by atoms with Gasteiger partial charge in [-0.25, -0.2) is 15.0 Å². The number of nitrogens with zero attached hydrogens (tertiary/aromatic N) is 7. The van der Waals surface area contributed by atoms with Gasteiger partial charge < -0.3 is 0 Å². The Morgan fingerprint density at radius 3 is 1.96 bits per heavy atom. The Balaban J connectivity index is 1.90. The summed E-state index contributed by atoms with van der Waals surface area (Å²) in [6, 6.07) is 0. The van der Waals surface area contributed by atoms with Crippen molar-refractivity contribution in [2.24, 2.45) is 0 Å². The zero-order chi connectivity index (χ0) is 15.5. The first-order valence-electron chi connectivity index (χ1n) is 6.67. The Bertz CT molecular complexity index is 869. The summed E-state index contributed by atoms with van der Waals surface area (Å²) in [5.41, 5.74) is 0. The second-order valence-electron chi connectivity index (χ2n) is 4.31. The van der Waals surface area contributed by atoms with E-state index in [9.17, 15) is 0 Å². The van der Waals surface area contributed by atoms with Gasteiger partial charge in [0.1, 0.15) is 10.1 Å². The van der Waals surface area contributed by atoms with E-state index in [0.29, 0.717) is 0 Å². The molecule has 4 rings (SSSR count). The van der Waals surface area contributed by atoms with E-state index in [1.54, 1.807) is 55.8 Å². The van der Waals surface area contributed by atoms with Crippen LogP contribution in [0.3, 0.4) is 0 Å². The molecule has 2 atom stereocenters. The number of hydrogen-bond donors (Lipinski definition) is 0. The van der Waals surface area contributed by atoms with E-state index in [1.165, 1.54) is 0 Å². The molecule has 0 bridgehead atoms. The summed E-state index contributed by atoms with van der Waals surface area (Å²) < 4.78 is 2.08. The lowest BCUT2D eigenvalue weighted by molar-refractivity contribution is 1.05. The summed E-state index contributed by atoms with van der Waals surface area (Å²) in [5.74, 6) is 0.775. The van der Waals surface area contributed by atoms with E-state index in [4.69, 9.17) is 0 Å². The van der Waals surface area contributed by atoms with Crippen LogP contribution in [0.25, 0.3) is 0 Å². The van der Waals surface area contributed by atoms with Gasteiger partial charge in [-0.3, -0.25) is 19.3 Å². The van der Waals surface area contributed by atoms with Crippen molar-refractivity contribution in [2.45, 2.75) is 10.1 Å². The van der Waals surface area contributed by atoms with Crippen molar-refractivity contribution >= 4 is 24.9 Å². The molecule has 0 aromatic carbocycles. The van der Waals surface area contributed by atoms with Crippen molar-refractivity contribution in [3.05, 3.63) is 67.4 Å². The largest absolute Gasteiger partial charge is 0.269 e. The van der Waals surface area contributed by atoms with Crippen molar-refractivity contribution in [3.8, 4) is 0 Å². The molecular weight excluding hydrogens is 330 g/mol. The maximum Gasteiger partial charge on any atom is 0.161 e. The summed E-state index contributed by atoms with van der Waals surface area (Å²) in [4.78, 5) is 25.9. The third-order valence-electron chi connectivity index (χ3n) is 2.91. The number of hydrogen-bond acceptors (Lipinski definition) is 7. The van der Waals surface area contributed by atoms with Gasteiger partial charge in [-0.2, -0.15) is 0 Å². The van der Waals surface area contributed by atoms with Gasteiger partial charge in [-0.1, -0.05) is 9.45 Å². The Hall–Kier alpha value is -2.52. The van der Waals surface area contributed by atoms with Crippen molar-refractivity contribution in [2.75, 3.05) is 4.31 Å². The molecule has 0 radical (unpaired) electrons. The van der Waals surface area contributed by atoms with Crippen molar-refractivity contribution < 1.29 is 0 Å². The highest BCUT2D eigenvalue weighted by molar-refractivity contribution is 8.46. The molecule has 23 heavy (non-hydrogen) atoms. The van der Waals surface area contributed by atoms with Gasteiger partial charge in [-0.15, -0.1) is 0 Å². The molecule has 1 aliphatic heterocycles. The van der Waals surface area contributed by atoms with Gasteiger partial charge in [0, 0.05) is 43.4 Å². The van der Waals surface area contributed by atoms with Crippen LogP contribution in [-0.4, -0.2) is 29.9 Å². The first-order chi connectivity index (χ1) is 11.4. The fourth-order valence-electron chi connectivity index (χ4n) is 1.98. The molecule has 0 spiro atoms. The highest BCUT2D eigenvalue weighted by Crippen LogP contribution is 2.27. The number of aromatic nitrogens is 6. The van der Waals surface area contributed by atoms with Crippen LogP contribution < -0.4 is 4.31 Å². The molecule has 0 fully saturated rings. The lowest BCUT2D eigenvalue weighted by Gasteiger charge is -2.20. The quantitative estimate of drug-likeness (QED) is 0.714. The highest BCUT2D eigenvalue weighted by Gasteiger charge is 2.23. The van der Waals surface area contributed by atoms with Gasteiger partial charge in [0.25, 0.3) is 0 Å². The third kappa shape index (κ3) is 2.76. The second-order valence-corrected chi connectivity index (χ2v) is 8.93. The van der Waals surface area contributed by atoms with Crippen molar-refractivity contribution in [1.29, 1.82) is 0 Å². The predicted octanol–water partition coefficient (Wildman–Crippen LogP) is 1.53. The molecule has 0 N–H and O–H groups in total. The Morgan fingerprint density at radius 1 is 0.696 bits per heavy atom.